The molecule has 0 heterocycles. The molecule has 2 unspecified atom stereocenters. The van der Waals surface area contributed by atoms with Gasteiger partial charge in [0.2, 0.25) is 0 Å². The lowest BCUT2D eigenvalue weighted by atomic mass is 10.0. The van der Waals surface area contributed by atoms with Crippen molar-refractivity contribution in [3.63, 3.8) is 0 Å². The summed E-state index contributed by atoms with van der Waals surface area (Å²) in [5, 5.41) is 9.91. The van der Waals surface area contributed by atoms with Crippen molar-refractivity contribution < 1.29 is 5.11 Å². The predicted molar refractivity (Wildman–Crippen MR) is 72.4 cm³/mol. The highest BCUT2D eigenvalue weighted by molar-refractivity contribution is 5.48. The molecule has 17 heavy (non-hydrogen) atoms. The van der Waals surface area contributed by atoms with Gasteiger partial charge in [-0.3, -0.25) is 0 Å². The normalized spacial score (nSPS) is 23.9. The average molecular weight is 233 g/mol. The maximum Gasteiger partial charge on any atom is 0.0585 e. The van der Waals surface area contributed by atoms with Crippen molar-refractivity contribution in [1.29, 1.82) is 0 Å². The van der Waals surface area contributed by atoms with Gasteiger partial charge in [-0.05, 0) is 44.4 Å². The van der Waals surface area contributed by atoms with Crippen LogP contribution < -0.4 is 4.90 Å². The van der Waals surface area contributed by atoms with Crippen LogP contribution in [0.25, 0.3) is 0 Å². The van der Waals surface area contributed by atoms with Crippen molar-refractivity contribution >= 4 is 5.69 Å². The zero-order valence-electron chi connectivity index (χ0n) is 10.9. The molecular weight excluding hydrogens is 210 g/mol. The van der Waals surface area contributed by atoms with Gasteiger partial charge in [-0.1, -0.05) is 18.6 Å². The standard InChI is InChI=1S/C15H23NO/c1-3-16(11-13-7-5-9-15(13)17)14-8-4-6-12(2)10-14/h4,6,8,10,13,15,17H,3,5,7,9,11H2,1-2H3. The minimum Gasteiger partial charge on any atom is -0.393 e. The molecule has 1 aromatic rings. The molecule has 1 saturated carbocycles. The Kier molecular flexibility index (Phi) is 4.06. The van der Waals surface area contributed by atoms with Crippen LogP contribution in [0.5, 0.6) is 0 Å². The minimum absolute atomic E-state index is 0.0890. The molecule has 94 valence electrons. The van der Waals surface area contributed by atoms with Crippen LogP contribution in [-0.2, 0) is 0 Å². The van der Waals surface area contributed by atoms with E-state index in [9.17, 15) is 5.11 Å². The lowest BCUT2D eigenvalue weighted by Crippen LogP contribution is -2.32. The van der Waals surface area contributed by atoms with Crippen LogP contribution in [-0.4, -0.2) is 24.3 Å². The van der Waals surface area contributed by atoms with Crippen LogP contribution >= 0.6 is 0 Å². The van der Waals surface area contributed by atoms with Gasteiger partial charge < -0.3 is 10.0 Å². The quantitative estimate of drug-likeness (QED) is 0.864. The van der Waals surface area contributed by atoms with Gasteiger partial charge in [0.05, 0.1) is 6.10 Å². The Balaban J connectivity index is 2.06. The first-order valence-corrected chi connectivity index (χ1v) is 6.70. The number of hydrogen-bond acceptors (Lipinski definition) is 2. The molecule has 1 N–H and O–H groups in total. The van der Waals surface area contributed by atoms with Gasteiger partial charge in [-0.15, -0.1) is 0 Å². The Hall–Kier alpha value is -1.02. The van der Waals surface area contributed by atoms with E-state index in [4.69, 9.17) is 0 Å². The van der Waals surface area contributed by atoms with Crippen LogP contribution in [0.4, 0.5) is 5.69 Å². The molecule has 2 atom stereocenters. The molecule has 2 rings (SSSR count). The first-order valence-electron chi connectivity index (χ1n) is 6.70. The maximum absolute atomic E-state index is 9.91. The van der Waals surface area contributed by atoms with E-state index in [0.29, 0.717) is 5.92 Å². The molecule has 1 aliphatic rings. The van der Waals surface area contributed by atoms with E-state index >= 15 is 0 Å². The molecule has 0 aliphatic heterocycles. The van der Waals surface area contributed by atoms with Crippen molar-refractivity contribution in [3.8, 4) is 0 Å². The topological polar surface area (TPSA) is 23.5 Å². The summed E-state index contributed by atoms with van der Waals surface area (Å²) in [4.78, 5) is 2.38. The number of benzene rings is 1. The van der Waals surface area contributed by atoms with Gasteiger partial charge >= 0.3 is 0 Å². The largest absolute Gasteiger partial charge is 0.393 e. The molecule has 0 bridgehead atoms. The second-order valence-electron chi connectivity index (χ2n) is 5.14. The number of nitrogens with zero attached hydrogens (tertiary/aromatic N) is 1. The number of anilines is 1. The van der Waals surface area contributed by atoms with Gasteiger partial charge in [0, 0.05) is 24.7 Å². The maximum atomic E-state index is 9.91. The van der Waals surface area contributed by atoms with Gasteiger partial charge in [0.15, 0.2) is 0 Å². The van der Waals surface area contributed by atoms with Crippen molar-refractivity contribution in [2.45, 2.75) is 39.2 Å². The Morgan fingerprint density at radius 1 is 1.35 bits per heavy atom. The third-order valence-electron chi connectivity index (χ3n) is 3.82. The summed E-state index contributed by atoms with van der Waals surface area (Å²) in [6, 6.07) is 8.63. The molecule has 1 fully saturated rings. The first-order chi connectivity index (χ1) is 8.20. The zero-order chi connectivity index (χ0) is 12.3. The second-order valence-corrected chi connectivity index (χ2v) is 5.14. The van der Waals surface area contributed by atoms with E-state index in [-0.39, 0.29) is 6.10 Å². The van der Waals surface area contributed by atoms with Crippen LogP contribution in [0.2, 0.25) is 0 Å². The number of aryl methyl sites for hydroxylation is 1. The third-order valence-corrected chi connectivity index (χ3v) is 3.82. The highest BCUT2D eigenvalue weighted by Gasteiger charge is 2.26. The van der Waals surface area contributed by atoms with Crippen molar-refractivity contribution in [3.05, 3.63) is 29.8 Å². The van der Waals surface area contributed by atoms with E-state index in [0.717, 1.165) is 19.5 Å². The fourth-order valence-electron chi connectivity index (χ4n) is 2.76. The Morgan fingerprint density at radius 3 is 2.76 bits per heavy atom. The molecule has 0 amide bonds. The molecule has 0 saturated heterocycles. The minimum atomic E-state index is -0.0890. The summed E-state index contributed by atoms with van der Waals surface area (Å²) in [5.41, 5.74) is 2.58. The second kappa shape index (κ2) is 5.54. The van der Waals surface area contributed by atoms with Gasteiger partial charge in [-0.2, -0.15) is 0 Å². The molecule has 0 radical (unpaired) electrons. The molecule has 2 heteroatoms. The predicted octanol–water partition coefficient (Wildman–Crippen LogP) is 2.98. The zero-order valence-corrected chi connectivity index (χ0v) is 10.9. The van der Waals surface area contributed by atoms with Crippen LogP contribution in [0.1, 0.15) is 31.7 Å². The average Bonchev–Trinajstić information content (AvgIpc) is 2.71. The SMILES string of the molecule is CCN(CC1CCCC1O)c1cccc(C)c1. The lowest BCUT2D eigenvalue weighted by Gasteiger charge is -2.28. The first kappa shape index (κ1) is 12.4. The highest BCUT2D eigenvalue weighted by atomic mass is 16.3. The number of aliphatic hydroxyl groups excluding tert-OH is 1. The van der Waals surface area contributed by atoms with Crippen LogP contribution in [0.3, 0.4) is 0 Å². The van der Waals surface area contributed by atoms with Crippen LogP contribution in [0.15, 0.2) is 24.3 Å². The number of aliphatic hydroxyl groups is 1. The summed E-state index contributed by atoms with van der Waals surface area (Å²) in [6.45, 7) is 6.30. The van der Waals surface area contributed by atoms with E-state index in [1.807, 2.05) is 0 Å². The van der Waals surface area contributed by atoms with Gasteiger partial charge in [0.1, 0.15) is 0 Å². The summed E-state index contributed by atoms with van der Waals surface area (Å²) in [6.07, 6.45) is 3.24. The molecule has 1 aromatic carbocycles. The summed E-state index contributed by atoms with van der Waals surface area (Å²) >= 11 is 0. The molecule has 2 nitrogen and oxygen atoms in total. The summed E-state index contributed by atoms with van der Waals surface area (Å²) in [5.74, 6) is 0.454. The molecule has 0 spiro atoms. The Bertz CT molecular complexity index is 364. The Morgan fingerprint density at radius 2 is 2.18 bits per heavy atom. The molecular formula is C15H23NO. The van der Waals surface area contributed by atoms with Gasteiger partial charge in [-0.25, -0.2) is 0 Å². The van der Waals surface area contributed by atoms with E-state index in [1.54, 1.807) is 0 Å². The van der Waals surface area contributed by atoms with Crippen LogP contribution in [0, 0.1) is 12.8 Å². The third kappa shape index (κ3) is 3.01. The van der Waals surface area contributed by atoms with E-state index in [1.165, 1.54) is 24.1 Å². The monoisotopic (exact) mass is 233 g/mol. The lowest BCUT2D eigenvalue weighted by molar-refractivity contribution is 0.135. The summed E-state index contributed by atoms with van der Waals surface area (Å²) < 4.78 is 0. The van der Waals surface area contributed by atoms with Gasteiger partial charge in [0.25, 0.3) is 0 Å². The highest BCUT2D eigenvalue weighted by Crippen LogP contribution is 2.28. The smallest absolute Gasteiger partial charge is 0.0585 e. The van der Waals surface area contributed by atoms with Crippen molar-refractivity contribution in [2.24, 2.45) is 5.92 Å². The number of rotatable bonds is 4. The summed E-state index contributed by atoms with van der Waals surface area (Å²) in [7, 11) is 0. The fourth-order valence-corrected chi connectivity index (χ4v) is 2.76. The Labute approximate surface area is 104 Å². The van der Waals surface area contributed by atoms with Crippen molar-refractivity contribution in [2.75, 3.05) is 18.0 Å². The fraction of sp³-hybridized carbons (Fsp3) is 0.600. The van der Waals surface area contributed by atoms with Crippen molar-refractivity contribution in [1.82, 2.24) is 0 Å². The van der Waals surface area contributed by atoms with E-state index in [2.05, 4.69) is 43.0 Å². The molecule has 1 aliphatic carbocycles. The van der Waals surface area contributed by atoms with E-state index < -0.39 is 0 Å². The molecule has 0 aromatic heterocycles. The number of hydrogen-bond donors (Lipinski definition) is 1.